The maximum absolute atomic E-state index is 13.6. The predicted octanol–water partition coefficient (Wildman–Crippen LogP) is 5.24. The van der Waals surface area contributed by atoms with Crippen molar-refractivity contribution in [3.8, 4) is 23.0 Å². The molecule has 0 spiro atoms. The van der Waals surface area contributed by atoms with Crippen molar-refractivity contribution in [3.05, 3.63) is 101 Å². The lowest BCUT2D eigenvalue weighted by Crippen LogP contribution is -2.42. The highest BCUT2D eigenvalue weighted by molar-refractivity contribution is 5.86. The molecule has 2 bridgehead atoms. The van der Waals surface area contributed by atoms with E-state index in [2.05, 4.69) is 27.4 Å². The summed E-state index contributed by atoms with van der Waals surface area (Å²) < 4.78 is 17.6. The Bertz CT molecular complexity index is 1770. The van der Waals surface area contributed by atoms with Gasteiger partial charge in [-0.3, -0.25) is 9.59 Å². The van der Waals surface area contributed by atoms with Gasteiger partial charge in [0.2, 0.25) is 17.7 Å². The summed E-state index contributed by atoms with van der Waals surface area (Å²) >= 11 is 0. The van der Waals surface area contributed by atoms with Crippen LogP contribution in [0.25, 0.3) is 22.4 Å². The molecule has 226 valence electrons. The Morgan fingerprint density at radius 3 is 2.73 bits per heavy atom. The van der Waals surface area contributed by atoms with Gasteiger partial charge < -0.3 is 29.1 Å². The van der Waals surface area contributed by atoms with Gasteiger partial charge in [-0.25, -0.2) is 4.98 Å². The highest BCUT2D eigenvalue weighted by Crippen LogP contribution is 2.31. The summed E-state index contributed by atoms with van der Waals surface area (Å²) in [6, 6.07) is 23.8. The van der Waals surface area contributed by atoms with E-state index < -0.39 is 0 Å². The van der Waals surface area contributed by atoms with Crippen LogP contribution >= 0.6 is 0 Å². The van der Waals surface area contributed by atoms with Crippen LogP contribution in [0.3, 0.4) is 0 Å². The number of hydrogen-bond donors (Lipinski definition) is 2. The molecule has 0 unspecified atom stereocenters. The van der Waals surface area contributed by atoms with Crippen LogP contribution in [0.4, 0.5) is 0 Å². The summed E-state index contributed by atoms with van der Waals surface area (Å²) in [5.74, 6) is 1.95. The molecule has 0 saturated heterocycles. The molecule has 1 aliphatic rings. The monoisotopic (exact) mass is 592 g/mol. The van der Waals surface area contributed by atoms with Crippen LogP contribution in [0, 0.1) is 6.92 Å². The summed E-state index contributed by atoms with van der Waals surface area (Å²) in [5, 5.41) is 4.17. The zero-order valence-corrected chi connectivity index (χ0v) is 25.0. The van der Waals surface area contributed by atoms with Crippen LogP contribution in [0.2, 0.25) is 0 Å². The number of hydrogen-bond acceptors (Lipinski definition) is 6. The fourth-order valence-corrected chi connectivity index (χ4v) is 5.68. The fourth-order valence-electron chi connectivity index (χ4n) is 5.68. The van der Waals surface area contributed by atoms with E-state index in [-0.39, 0.29) is 24.8 Å². The molecule has 3 heterocycles. The lowest BCUT2D eigenvalue weighted by molar-refractivity contribution is -0.135. The minimum absolute atomic E-state index is 0.0326. The van der Waals surface area contributed by atoms with Crippen LogP contribution in [-0.2, 0) is 28.9 Å². The molecule has 2 amide bonds. The van der Waals surface area contributed by atoms with E-state index in [1.165, 1.54) is 0 Å². The number of aryl methyl sites for hydroxylation is 1. The highest BCUT2D eigenvalue weighted by Gasteiger charge is 2.22. The largest absolute Gasteiger partial charge is 0.493 e. The maximum atomic E-state index is 13.6. The van der Waals surface area contributed by atoms with Crippen LogP contribution in [0.5, 0.6) is 11.5 Å². The lowest BCUT2D eigenvalue weighted by Gasteiger charge is -2.22. The van der Waals surface area contributed by atoms with Crippen molar-refractivity contribution in [1.82, 2.24) is 20.2 Å². The molecule has 9 heteroatoms. The van der Waals surface area contributed by atoms with Gasteiger partial charge in [-0.1, -0.05) is 42.5 Å². The quantitative estimate of drug-likeness (QED) is 0.295. The first-order chi connectivity index (χ1) is 21.5. The second-order valence-corrected chi connectivity index (χ2v) is 11.0. The number of rotatable bonds is 4. The number of para-hydroxylation sites is 1. The molecule has 6 rings (SSSR count). The van der Waals surface area contributed by atoms with E-state index in [9.17, 15) is 9.59 Å². The van der Waals surface area contributed by atoms with Crippen molar-refractivity contribution in [3.63, 3.8) is 0 Å². The molecule has 0 saturated carbocycles. The van der Waals surface area contributed by atoms with Crippen LogP contribution in [0.1, 0.15) is 34.7 Å². The number of carbonyl (C=O) groups is 2. The molecule has 0 aliphatic carbocycles. The summed E-state index contributed by atoms with van der Waals surface area (Å²) in [4.78, 5) is 36.5. The van der Waals surface area contributed by atoms with Gasteiger partial charge in [0.1, 0.15) is 5.76 Å². The first-order valence-electron chi connectivity index (χ1n) is 14.9. The van der Waals surface area contributed by atoms with Crippen molar-refractivity contribution in [2.45, 2.75) is 32.6 Å². The number of fused-ring (bicyclic) bond motifs is 5. The Hall–Kier alpha value is -5.05. The number of nitrogens with one attached hydrogen (secondary N) is 2. The minimum Gasteiger partial charge on any atom is -0.493 e. The average molecular weight is 593 g/mol. The molecule has 44 heavy (non-hydrogen) atoms. The number of oxazole rings is 1. The molecule has 0 radical (unpaired) electrons. The van der Waals surface area contributed by atoms with Crippen molar-refractivity contribution in [1.29, 1.82) is 0 Å². The van der Waals surface area contributed by atoms with E-state index >= 15 is 0 Å². The Morgan fingerprint density at radius 1 is 1.07 bits per heavy atom. The molecular weight excluding hydrogens is 556 g/mol. The number of benzene rings is 3. The van der Waals surface area contributed by atoms with E-state index in [1.807, 2.05) is 60.7 Å². The number of amides is 2. The second kappa shape index (κ2) is 13.1. The summed E-state index contributed by atoms with van der Waals surface area (Å²) in [7, 11) is 1.62. The van der Waals surface area contributed by atoms with Gasteiger partial charge in [0.15, 0.2) is 11.5 Å². The van der Waals surface area contributed by atoms with Gasteiger partial charge in [-0.05, 0) is 61.2 Å². The predicted molar refractivity (Wildman–Crippen MR) is 168 cm³/mol. The minimum atomic E-state index is -0.207. The third kappa shape index (κ3) is 6.46. The van der Waals surface area contributed by atoms with Crippen molar-refractivity contribution in [2.24, 2.45) is 0 Å². The number of H-pyrrole nitrogens is 1. The Morgan fingerprint density at radius 2 is 1.89 bits per heavy atom. The number of nitrogens with zero attached hydrogens (tertiary/aromatic N) is 2. The third-order valence-electron chi connectivity index (χ3n) is 7.96. The first-order valence-corrected chi connectivity index (χ1v) is 14.9. The average Bonchev–Trinajstić information content (AvgIpc) is 3.57. The Labute approximate surface area is 256 Å². The molecule has 2 N–H and O–H groups in total. The molecule has 2 aromatic heterocycles. The lowest BCUT2D eigenvalue weighted by atomic mass is 10.0. The maximum Gasteiger partial charge on any atom is 0.239 e. The molecule has 5 aromatic rings. The molecular formula is C35H36N4O5. The van der Waals surface area contributed by atoms with E-state index in [1.54, 1.807) is 18.9 Å². The second-order valence-electron chi connectivity index (χ2n) is 11.0. The number of ether oxygens (including phenoxy) is 2. The number of aromatic amines is 1. The van der Waals surface area contributed by atoms with Gasteiger partial charge in [0.05, 0.1) is 32.4 Å². The smallest absolute Gasteiger partial charge is 0.239 e. The van der Waals surface area contributed by atoms with Crippen molar-refractivity contribution < 1.29 is 23.5 Å². The van der Waals surface area contributed by atoms with Crippen molar-refractivity contribution >= 4 is 22.7 Å². The van der Waals surface area contributed by atoms with Gasteiger partial charge in [0.25, 0.3) is 0 Å². The summed E-state index contributed by atoms with van der Waals surface area (Å²) in [6.07, 6.45) is 1.91. The summed E-state index contributed by atoms with van der Waals surface area (Å²) in [6.45, 7) is 2.90. The van der Waals surface area contributed by atoms with Gasteiger partial charge in [-0.2, -0.15) is 0 Å². The number of aromatic nitrogens is 2. The van der Waals surface area contributed by atoms with Gasteiger partial charge >= 0.3 is 0 Å². The normalized spacial score (nSPS) is 14.5. The topological polar surface area (TPSA) is 110 Å². The van der Waals surface area contributed by atoms with E-state index in [0.29, 0.717) is 67.8 Å². The zero-order chi connectivity index (χ0) is 30.5. The fraction of sp³-hybridized carbons (Fsp3) is 0.286. The third-order valence-corrected chi connectivity index (χ3v) is 7.96. The Kier molecular flexibility index (Phi) is 8.63. The summed E-state index contributed by atoms with van der Waals surface area (Å²) in [5.41, 5.74) is 5.80. The molecule has 1 aliphatic heterocycles. The molecule has 0 fully saturated rings. The van der Waals surface area contributed by atoms with Gasteiger partial charge in [0, 0.05) is 41.7 Å². The van der Waals surface area contributed by atoms with E-state index in [4.69, 9.17) is 13.9 Å². The van der Waals surface area contributed by atoms with Crippen LogP contribution in [0.15, 0.2) is 77.2 Å². The molecule has 0 atom stereocenters. The molecule has 3 aromatic carbocycles. The van der Waals surface area contributed by atoms with Crippen LogP contribution in [-0.4, -0.2) is 60.0 Å². The number of carbonyl (C=O) groups excluding carboxylic acids is 2. The first kappa shape index (κ1) is 29.0. The standard InChI is InChI=1S/C35H36N4O5/c1-23-29(38-35(44-23)25-9-4-3-5-10-25)21-34(41)39-17-8-18-43-32-20-24(13-14-31(32)42-2)19-30-27(15-16-36-33(40)22-39)26-11-6-7-12-28(26)37-30/h3-7,9-14,20,37H,8,15-19,21-22H2,1-2H3,(H,36,40). The van der Waals surface area contributed by atoms with Crippen molar-refractivity contribution in [2.75, 3.05) is 33.4 Å². The van der Waals surface area contributed by atoms with Gasteiger partial charge in [-0.15, -0.1) is 0 Å². The highest BCUT2D eigenvalue weighted by atomic mass is 16.5. The Balaban J connectivity index is 1.23. The molecule has 9 nitrogen and oxygen atoms in total. The van der Waals surface area contributed by atoms with Crippen LogP contribution < -0.4 is 14.8 Å². The number of methoxy groups -OCH3 is 1. The SMILES string of the molecule is COc1ccc2cc1OCCCN(C(=O)Cc1nc(-c3ccccc3)oc1C)CC(=O)NCCc1c([nH]c3ccccc13)C2. The van der Waals surface area contributed by atoms with E-state index in [0.717, 1.165) is 33.3 Å². The zero-order valence-electron chi connectivity index (χ0n) is 25.0.